The quantitative estimate of drug-likeness (QED) is 0.782. The van der Waals surface area contributed by atoms with Gasteiger partial charge in [0.05, 0.1) is 6.10 Å². The van der Waals surface area contributed by atoms with Gasteiger partial charge in [0, 0.05) is 12.3 Å². The molecule has 0 aromatic carbocycles. The Hall–Kier alpha value is -1.67. The third-order valence-electron chi connectivity index (χ3n) is 2.18. The zero-order valence-corrected chi connectivity index (χ0v) is 9.48. The second kappa shape index (κ2) is 3.97. The highest BCUT2D eigenvalue weighted by Crippen LogP contribution is 2.29. The zero-order chi connectivity index (χ0) is 12.6. The Balaban J connectivity index is 2.45. The van der Waals surface area contributed by atoms with Gasteiger partial charge in [-0.3, -0.25) is 0 Å². The fraction of sp³-hybridized carbons (Fsp3) is 0.333. The lowest BCUT2D eigenvalue weighted by atomic mass is 10.3. The van der Waals surface area contributed by atoms with Crippen LogP contribution < -0.4 is 9.88 Å². The molecule has 0 atom stereocenters. The molecule has 0 unspecified atom stereocenters. The average molecular weight is 258 g/mol. The van der Waals surface area contributed by atoms with Crippen LogP contribution in [-0.4, -0.2) is 30.6 Å². The van der Waals surface area contributed by atoms with E-state index >= 15 is 0 Å². The number of primary sulfonamides is 1. The number of hydrogen-bond acceptors (Lipinski definition) is 5. The van der Waals surface area contributed by atoms with E-state index in [1.807, 2.05) is 0 Å². The number of ether oxygens (including phenoxy) is 1. The Labute approximate surface area is 97.3 Å². The van der Waals surface area contributed by atoms with Crippen LogP contribution in [0.4, 0.5) is 0 Å². The van der Waals surface area contributed by atoms with Crippen molar-refractivity contribution in [2.75, 3.05) is 0 Å². The number of carboxylic acids is 1. The number of aromatic carboxylic acids is 1. The lowest BCUT2D eigenvalue weighted by Crippen LogP contribution is -2.15. The van der Waals surface area contributed by atoms with E-state index in [0.717, 1.165) is 25.1 Å². The summed E-state index contributed by atoms with van der Waals surface area (Å²) in [5.41, 5.74) is -0.315. The molecule has 17 heavy (non-hydrogen) atoms. The number of rotatable bonds is 4. The van der Waals surface area contributed by atoms with Gasteiger partial charge in [0.1, 0.15) is 4.90 Å². The molecule has 1 heterocycles. The van der Waals surface area contributed by atoms with Crippen LogP contribution in [0.1, 0.15) is 23.3 Å². The molecule has 0 amide bonds. The maximum Gasteiger partial charge on any atom is 0.358 e. The van der Waals surface area contributed by atoms with Crippen molar-refractivity contribution in [1.82, 2.24) is 4.98 Å². The van der Waals surface area contributed by atoms with Crippen LogP contribution in [-0.2, 0) is 10.0 Å². The summed E-state index contributed by atoms with van der Waals surface area (Å²) in [4.78, 5) is 14.1. The van der Waals surface area contributed by atoms with Crippen molar-refractivity contribution in [1.29, 1.82) is 0 Å². The first-order valence-electron chi connectivity index (χ1n) is 4.81. The second-order valence-corrected chi connectivity index (χ2v) is 5.25. The number of nitrogens with two attached hydrogens (primary N) is 1. The van der Waals surface area contributed by atoms with Gasteiger partial charge in [0.25, 0.3) is 0 Å². The van der Waals surface area contributed by atoms with Crippen LogP contribution in [0.5, 0.6) is 5.75 Å². The Morgan fingerprint density at radius 1 is 1.53 bits per heavy atom. The van der Waals surface area contributed by atoms with E-state index in [4.69, 9.17) is 15.0 Å². The highest BCUT2D eigenvalue weighted by molar-refractivity contribution is 7.89. The molecule has 7 nitrogen and oxygen atoms in total. The van der Waals surface area contributed by atoms with E-state index in [1.165, 1.54) is 0 Å². The minimum atomic E-state index is -3.92. The monoisotopic (exact) mass is 258 g/mol. The Kier molecular flexibility index (Phi) is 2.76. The van der Waals surface area contributed by atoms with E-state index < -0.39 is 16.0 Å². The molecule has 8 heteroatoms. The summed E-state index contributed by atoms with van der Waals surface area (Å²) < 4.78 is 27.5. The van der Waals surface area contributed by atoms with Crippen LogP contribution in [0.25, 0.3) is 0 Å². The molecule has 2 rings (SSSR count). The Bertz CT molecular complexity index is 565. The largest absolute Gasteiger partial charge is 0.488 e. The lowest BCUT2D eigenvalue weighted by Gasteiger charge is -2.08. The first-order valence-corrected chi connectivity index (χ1v) is 6.35. The SMILES string of the molecule is NS(=O)(=O)c1cnc(C(=O)O)c(OC2CC2)c1. The van der Waals surface area contributed by atoms with Crippen molar-refractivity contribution >= 4 is 16.0 Å². The number of carboxylic acid groups (broad SMARTS) is 1. The molecule has 0 bridgehead atoms. The fourth-order valence-corrected chi connectivity index (χ4v) is 1.67. The third kappa shape index (κ3) is 2.71. The van der Waals surface area contributed by atoms with Gasteiger partial charge in [0.15, 0.2) is 11.4 Å². The average Bonchev–Trinajstić information content (AvgIpc) is 2.99. The van der Waals surface area contributed by atoms with E-state index in [2.05, 4.69) is 4.98 Å². The molecule has 0 spiro atoms. The molecule has 0 saturated heterocycles. The first kappa shape index (κ1) is 11.8. The summed E-state index contributed by atoms with van der Waals surface area (Å²) in [6.07, 6.45) is 2.47. The van der Waals surface area contributed by atoms with E-state index in [9.17, 15) is 13.2 Å². The van der Waals surface area contributed by atoms with Gasteiger partial charge in [0.2, 0.25) is 10.0 Å². The van der Waals surface area contributed by atoms with Crippen LogP contribution >= 0.6 is 0 Å². The summed E-state index contributed by atoms with van der Waals surface area (Å²) in [7, 11) is -3.92. The van der Waals surface area contributed by atoms with Crippen molar-refractivity contribution in [3.63, 3.8) is 0 Å². The summed E-state index contributed by atoms with van der Waals surface area (Å²) in [5, 5.41) is 13.8. The summed E-state index contributed by atoms with van der Waals surface area (Å²) in [5.74, 6) is -1.34. The van der Waals surface area contributed by atoms with Crippen LogP contribution in [0.3, 0.4) is 0 Å². The molecule has 0 aliphatic heterocycles. The molecule has 1 saturated carbocycles. The molecule has 1 aliphatic carbocycles. The lowest BCUT2D eigenvalue weighted by molar-refractivity contribution is 0.0684. The maximum atomic E-state index is 11.1. The predicted octanol–water partition coefficient (Wildman–Crippen LogP) is -0.0316. The molecule has 1 aromatic rings. The topological polar surface area (TPSA) is 120 Å². The highest BCUT2D eigenvalue weighted by atomic mass is 32.2. The Morgan fingerprint density at radius 3 is 2.65 bits per heavy atom. The van der Waals surface area contributed by atoms with Gasteiger partial charge in [-0.05, 0) is 12.8 Å². The number of sulfonamides is 1. The minimum Gasteiger partial charge on any atom is -0.488 e. The van der Waals surface area contributed by atoms with Crippen molar-refractivity contribution in [3.05, 3.63) is 18.0 Å². The van der Waals surface area contributed by atoms with Gasteiger partial charge >= 0.3 is 5.97 Å². The van der Waals surface area contributed by atoms with E-state index in [0.29, 0.717) is 0 Å². The van der Waals surface area contributed by atoms with Gasteiger partial charge in [-0.2, -0.15) is 0 Å². The number of carbonyl (C=O) groups is 1. The minimum absolute atomic E-state index is 0.0634. The number of nitrogens with zero attached hydrogens (tertiary/aromatic N) is 1. The summed E-state index contributed by atoms with van der Waals surface area (Å²) >= 11 is 0. The predicted molar refractivity (Wildman–Crippen MR) is 56.2 cm³/mol. The van der Waals surface area contributed by atoms with Crippen LogP contribution in [0.2, 0.25) is 0 Å². The first-order chi connectivity index (χ1) is 7.88. The summed E-state index contributed by atoms with van der Waals surface area (Å²) in [6, 6.07) is 1.09. The van der Waals surface area contributed by atoms with Crippen molar-refractivity contribution < 1.29 is 23.1 Å². The number of aromatic nitrogens is 1. The highest BCUT2D eigenvalue weighted by Gasteiger charge is 2.27. The third-order valence-corrected chi connectivity index (χ3v) is 3.06. The molecular weight excluding hydrogens is 248 g/mol. The van der Waals surface area contributed by atoms with Crippen molar-refractivity contribution in [2.24, 2.45) is 5.14 Å². The molecule has 0 radical (unpaired) electrons. The van der Waals surface area contributed by atoms with Gasteiger partial charge in [-0.25, -0.2) is 23.3 Å². The van der Waals surface area contributed by atoms with Crippen molar-refractivity contribution in [2.45, 2.75) is 23.8 Å². The van der Waals surface area contributed by atoms with Crippen LogP contribution in [0.15, 0.2) is 17.2 Å². The molecule has 1 aromatic heterocycles. The molecule has 3 N–H and O–H groups in total. The van der Waals surface area contributed by atoms with E-state index in [-0.39, 0.29) is 22.4 Å². The van der Waals surface area contributed by atoms with Crippen LogP contribution in [0, 0.1) is 0 Å². The van der Waals surface area contributed by atoms with Crippen molar-refractivity contribution in [3.8, 4) is 5.75 Å². The molecule has 1 aliphatic rings. The molecular formula is C9H10N2O5S. The second-order valence-electron chi connectivity index (χ2n) is 3.69. The number of hydrogen-bond donors (Lipinski definition) is 2. The van der Waals surface area contributed by atoms with Gasteiger partial charge in [-0.15, -0.1) is 0 Å². The molecule has 1 fully saturated rings. The molecule has 92 valence electrons. The normalized spacial score (nSPS) is 15.6. The smallest absolute Gasteiger partial charge is 0.358 e. The number of pyridine rings is 1. The van der Waals surface area contributed by atoms with E-state index in [1.54, 1.807) is 0 Å². The zero-order valence-electron chi connectivity index (χ0n) is 8.66. The van der Waals surface area contributed by atoms with Gasteiger partial charge < -0.3 is 9.84 Å². The standard InChI is InChI=1S/C9H10N2O5S/c10-17(14,15)6-3-7(16-5-1-2-5)8(9(12)13)11-4-6/h3-5H,1-2H2,(H,12,13)(H2,10,14,15). The Morgan fingerprint density at radius 2 is 2.18 bits per heavy atom. The fourth-order valence-electron chi connectivity index (χ4n) is 1.20. The maximum absolute atomic E-state index is 11.1. The van der Waals surface area contributed by atoms with Gasteiger partial charge in [-0.1, -0.05) is 0 Å². The summed E-state index contributed by atoms with van der Waals surface area (Å²) in [6.45, 7) is 0.